The second-order valence-corrected chi connectivity index (χ2v) is 4.69. The molecule has 0 saturated carbocycles. The molecule has 84 valence electrons. The molecule has 1 rings (SSSR count). The van der Waals surface area contributed by atoms with E-state index in [4.69, 9.17) is 4.52 Å². The minimum atomic E-state index is -0.246. The van der Waals surface area contributed by atoms with Gasteiger partial charge in [0.1, 0.15) is 5.76 Å². The first kappa shape index (κ1) is 12.2. The van der Waals surface area contributed by atoms with E-state index in [-0.39, 0.29) is 11.4 Å². The molecular weight excluding hydrogens is 260 g/mol. The van der Waals surface area contributed by atoms with Crippen molar-refractivity contribution in [2.75, 3.05) is 12.4 Å². The third-order valence-corrected chi connectivity index (χ3v) is 3.76. The summed E-state index contributed by atoms with van der Waals surface area (Å²) in [5.41, 5.74) is 0.105. The standard InChI is InChI=1S/C10H15BrN2O2/c1-7-5-8(12-15-7)9(14)13(4)10(2,3)6-11/h5H,6H2,1-4H3. The van der Waals surface area contributed by atoms with E-state index >= 15 is 0 Å². The molecule has 1 aromatic rings. The lowest BCUT2D eigenvalue weighted by Gasteiger charge is -2.33. The van der Waals surface area contributed by atoms with Crippen LogP contribution in [0.15, 0.2) is 10.6 Å². The van der Waals surface area contributed by atoms with Crippen LogP contribution in [0.4, 0.5) is 0 Å². The Balaban J connectivity index is 2.86. The van der Waals surface area contributed by atoms with Crippen molar-refractivity contribution in [3.05, 3.63) is 17.5 Å². The largest absolute Gasteiger partial charge is 0.361 e. The number of amides is 1. The van der Waals surface area contributed by atoms with E-state index in [9.17, 15) is 4.79 Å². The number of carbonyl (C=O) groups excluding carboxylic acids is 1. The summed E-state index contributed by atoms with van der Waals surface area (Å²) in [6.45, 7) is 5.72. The lowest BCUT2D eigenvalue weighted by molar-refractivity contribution is 0.0653. The van der Waals surface area contributed by atoms with Gasteiger partial charge in [0.15, 0.2) is 5.69 Å². The third kappa shape index (κ3) is 2.59. The van der Waals surface area contributed by atoms with E-state index in [0.717, 1.165) is 0 Å². The fourth-order valence-electron chi connectivity index (χ4n) is 1.00. The maximum atomic E-state index is 11.9. The first-order valence-electron chi connectivity index (χ1n) is 4.66. The van der Waals surface area contributed by atoms with Crippen LogP contribution in [0.1, 0.15) is 30.1 Å². The van der Waals surface area contributed by atoms with E-state index in [0.29, 0.717) is 16.8 Å². The number of hydrogen-bond donors (Lipinski definition) is 0. The van der Waals surface area contributed by atoms with Crippen molar-refractivity contribution < 1.29 is 9.32 Å². The fraction of sp³-hybridized carbons (Fsp3) is 0.600. The Morgan fingerprint density at radius 1 is 1.67 bits per heavy atom. The average molecular weight is 275 g/mol. The van der Waals surface area contributed by atoms with E-state index in [1.165, 1.54) is 0 Å². The molecule has 0 bridgehead atoms. The van der Waals surface area contributed by atoms with Crippen molar-refractivity contribution in [1.29, 1.82) is 0 Å². The van der Waals surface area contributed by atoms with Crippen molar-refractivity contribution in [3.8, 4) is 0 Å². The first-order chi connectivity index (χ1) is 6.88. The topological polar surface area (TPSA) is 46.3 Å². The van der Waals surface area contributed by atoms with Crippen LogP contribution < -0.4 is 0 Å². The third-order valence-electron chi connectivity index (χ3n) is 2.39. The normalized spacial score (nSPS) is 11.5. The SMILES string of the molecule is Cc1cc(C(=O)N(C)C(C)(C)CBr)no1. The number of carbonyl (C=O) groups is 1. The Bertz CT molecular complexity index is 360. The molecule has 0 aliphatic heterocycles. The summed E-state index contributed by atoms with van der Waals surface area (Å²) in [4.78, 5) is 13.6. The number of halogens is 1. The van der Waals surface area contributed by atoms with E-state index in [2.05, 4.69) is 21.1 Å². The van der Waals surface area contributed by atoms with Gasteiger partial charge in [-0.2, -0.15) is 0 Å². The van der Waals surface area contributed by atoms with Gasteiger partial charge in [-0.05, 0) is 20.8 Å². The van der Waals surface area contributed by atoms with Crippen molar-refractivity contribution >= 4 is 21.8 Å². The highest BCUT2D eigenvalue weighted by atomic mass is 79.9. The molecule has 5 heteroatoms. The Kier molecular flexibility index (Phi) is 3.54. The Morgan fingerprint density at radius 2 is 2.27 bits per heavy atom. The minimum Gasteiger partial charge on any atom is -0.361 e. The van der Waals surface area contributed by atoms with Gasteiger partial charge >= 0.3 is 0 Å². The van der Waals surface area contributed by atoms with Crippen LogP contribution in [-0.4, -0.2) is 33.9 Å². The molecule has 0 saturated heterocycles. The average Bonchev–Trinajstić information content (AvgIpc) is 2.62. The molecule has 0 aliphatic rings. The zero-order valence-corrected chi connectivity index (χ0v) is 11.0. The molecule has 0 spiro atoms. The Morgan fingerprint density at radius 3 is 2.67 bits per heavy atom. The highest BCUT2D eigenvalue weighted by molar-refractivity contribution is 9.09. The fourth-order valence-corrected chi connectivity index (χ4v) is 1.38. The number of alkyl halides is 1. The number of rotatable bonds is 3. The van der Waals surface area contributed by atoms with Crippen molar-refractivity contribution in [2.24, 2.45) is 0 Å². The van der Waals surface area contributed by atoms with Crippen LogP contribution in [-0.2, 0) is 0 Å². The van der Waals surface area contributed by atoms with Gasteiger partial charge < -0.3 is 9.42 Å². The predicted octanol–water partition coefficient (Wildman–Crippen LogP) is 2.23. The molecule has 0 aliphatic carbocycles. The van der Waals surface area contributed by atoms with Gasteiger partial charge in [-0.25, -0.2) is 0 Å². The predicted molar refractivity (Wildman–Crippen MR) is 61.2 cm³/mol. The van der Waals surface area contributed by atoms with Gasteiger partial charge in [-0.3, -0.25) is 4.79 Å². The van der Waals surface area contributed by atoms with Crippen LogP contribution in [0, 0.1) is 6.92 Å². The molecule has 1 aromatic heterocycles. The van der Waals surface area contributed by atoms with Gasteiger partial charge in [-0.15, -0.1) is 0 Å². The second-order valence-electron chi connectivity index (χ2n) is 4.13. The molecule has 15 heavy (non-hydrogen) atoms. The van der Waals surface area contributed by atoms with Crippen LogP contribution in [0.5, 0.6) is 0 Å². The Labute approximate surface area is 97.7 Å². The smallest absolute Gasteiger partial charge is 0.276 e. The molecule has 0 radical (unpaired) electrons. The van der Waals surface area contributed by atoms with Crippen LogP contribution in [0.25, 0.3) is 0 Å². The van der Waals surface area contributed by atoms with E-state index < -0.39 is 0 Å². The van der Waals surface area contributed by atoms with Gasteiger partial charge in [0.2, 0.25) is 0 Å². The van der Waals surface area contributed by atoms with Gasteiger partial charge in [-0.1, -0.05) is 21.1 Å². The molecular formula is C10H15BrN2O2. The second kappa shape index (κ2) is 4.35. The van der Waals surface area contributed by atoms with E-state index in [1.54, 1.807) is 24.9 Å². The minimum absolute atomic E-state index is 0.128. The maximum Gasteiger partial charge on any atom is 0.276 e. The molecule has 1 amide bonds. The maximum absolute atomic E-state index is 11.9. The van der Waals surface area contributed by atoms with Crippen LogP contribution in [0.2, 0.25) is 0 Å². The quantitative estimate of drug-likeness (QED) is 0.795. The van der Waals surface area contributed by atoms with Gasteiger partial charge in [0.25, 0.3) is 5.91 Å². The lowest BCUT2D eigenvalue weighted by atomic mass is 10.1. The van der Waals surface area contributed by atoms with Gasteiger partial charge in [0.05, 0.1) is 0 Å². The molecule has 1 heterocycles. The molecule has 0 atom stereocenters. The summed E-state index contributed by atoms with van der Waals surface area (Å²) in [7, 11) is 1.76. The van der Waals surface area contributed by atoms with Crippen LogP contribution in [0.3, 0.4) is 0 Å². The summed E-state index contributed by atoms with van der Waals surface area (Å²) >= 11 is 3.38. The summed E-state index contributed by atoms with van der Waals surface area (Å²) < 4.78 is 4.87. The monoisotopic (exact) mass is 274 g/mol. The highest BCUT2D eigenvalue weighted by Crippen LogP contribution is 2.18. The van der Waals surface area contributed by atoms with Crippen LogP contribution >= 0.6 is 15.9 Å². The zero-order valence-electron chi connectivity index (χ0n) is 9.37. The summed E-state index contributed by atoms with van der Waals surface area (Å²) in [6.07, 6.45) is 0. The number of aromatic nitrogens is 1. The molecule has 0 N–H and O–H groups in total. The number of nitrogens with zero attached hydrogens (tertiary/aromatic N) is 2. The lowest BCUT2D eigenvalue weighted by Crippen LogP contribution is -2.46. The van der Waals surface area contributed by atoms with Crippen molar-refractivity contribution in [1.82, 2.24) is 10.1 Å². The van der Waals surface area contributed by atoms with Crippen molar-refractivity contribution in [2.45, 2.75) is 26.3 Å². The Hall–Kier alpha value is -0.840. The number of hydrogen-bond acceptors (Lipinski definition) is 3. The molecule has 4 nitrogen and oxygen atoms in total. The molecule has 0 aromatic carbocycles. The first-order valence-corrected chi connectivity index (χ1v) is 5.78. The summed E-state index contributed by atoms with van der Waals surface area (Å²) in [5, 5.41) is 4.41. The van der Waals surface area contributed by atoms with E-state index in [1.807, 2.05) is 13.8 Å². The van der Waals surface area contributed by atoms with Crippen molar-refractivity contribution in [3.63, 3.8) is 0 Å². The molecule has 0 fully saturated rings. The highest BCUT2D eigenvalue weighted by Gasteiger charge is 2.28. The van der Waals surface area contributed by atoms with Gasteiger partial charge in [0, 0.05) is 24.0 Å². The summed E-state index contributed by atoms with van der Waals surface area (Å²) in [6, 6.07) is 1.64. The summed E-state index contributed by atoms with van der Waals surface area (Å²) in [5.74, 6) is 0.514. The number of aryl methyl sites for hydroxylation is 1. The molecule has 0 unspecified atom stereocenters. The zero-order chi connectivity index (χ0) is 11.6.